The fourth-order valence-corrected chi connectivity index (χ4v) is 3.57. The molecular formula is C12H23N3O3S. The summed E-state index contributed by atoms with van der Waals surface area (Å²) in [6.07, 6.45) is 0.542. The highest BCUT2D eigenvalue weighted by molar-refractivity contribution is 7.89. The topological polar surface area (TPSA) is 84.2 Å². The van der Waals surface area contributed by atoms with Crippen LogP contribution in [0.1, 0.15) is 31.7 Å². The summed E-state index contributed by atoms with van der Waals surface area (Å²) >= 11 is 0. The lowest BCUT2D eigenvalue weighted by Gasteiger charge is -2.23. The minimum absolute atomic E-state index is 0.0413. The summed E-state index contributed by atoms with van der Waals surface area (Å²) in [6, 6.07) is 0. The lowest BCUT2D eigenvalue weighted by atomic mass is 9.90. The fraction of sp³-hybridized carbons (Fsp3) is 0.750. The normalized spacial score (nSPS) is 12.9. The van der Waals surface area contributed by atoms with Gasteiger partial charge in [-0.3, -0.25) is 4.68 Å². The molecule has 0 aliphatic heterocycles. The molecule has 0 saturated heterocycles. The van der Waals surface area contributed by atoms with Crippen molar-refractivity contribution >= 4 is 10.0 Å². The number of aryl methyl sites for hydroxylation is 2. The van der Waals surface area contributed by atoms with Gasteiger partial charge >= 0.3 is 0 Å². The van der Waals surface area contributed by atoms with Gasteiger partial charge in [0.25, 0.3) is 0 Å². The van der Waals surface area contributed by atoms with Crippen LogP contribution in [-0.2, 0) is 17.1 Å². The molecule has 2 N–H and O–H groups in total. The van der Waals surface area contributed by atoms with Gasteiger partial charge < -0.3 is 5.11 Å². The van der Waals surface area contributed by atoms with Crippen LogP contribution >= 0.6 is 0 Å². The van der Waals surface area contributed by atoms with Gasteiger partial charge in [-0.15, -0.1) is 0 Å². The molecule has 0 aliphatic rings. The summed E-state index contributed by atoms with van der Waals surface area (Å²) in [5.74, 6) is 0. The molecule has 7 heteroatoms. The second kappa shape index (κ2) is 5.60. The molecule has 1 aromatic rings. The summed E-state index contributed by atoms with van der Waals surface area (Å²) in [5, 5.41) is 13.1. The molecule has 0 fully saturated rings. The van der Waals surface area contributed by atoms with Gasteiger partial charge in [0.2, 0.25) is 10.0 Å². The highest BCUT2D eigenvalue weighted by atomic mass is 32.2. The third-order valence-electron chi connectivity index (χ3n) is 3.24. The van der Waals surface area contributed by atoms with Gasteiger partial charge in [0.05, 0.1) is 11.4 Å². The van der Waals surface area contributed by atoms with Crippen LogP contribution in [0.3, 0.4) is 0 Å². The van der Waals surface area contributed by atoms with Crippen LogP contribution in [0.15, 0.2) is 4.90 Å². The van der Waals surface area contributed by atoms with Gasteiger partial charge in [-0.25, -0.2) is 13.1 Å². The molecule has 0 amide bonds. The Bertz CT molecular complexity index is 547. The second-order valence-corrected chi connectivity index (χ2v) is 7.29. The Morgan fingerprint density at radius 1 is 1.37 bits per heavy atom. The number of rotatable bonds is 6. The molecular weight excluding hydrogens is 266 g/mol. The zero-order chi connectivity index (χ0) is 14.8. The van der Waals surface area contributed by atoms with Crippen LogP contribution in [0.5, 0.6) is 0 Å². The average molecular weight is 289 g/mol. The van der Waals surface area contributed by atoms with Crippen molar-refractivity contribution in [3.63, 3.8) is 0 Å². The van der Waals surface area contributed by atoms with Crippen molar-refractivity contribution in [1.29, 1.82) is 0 Å². The molecule has 0 saturated carbocycles. The first-order chi connectivity index (χ1) is 8.60. The van der Waals surface area contributed by atoms with E-state index in [1.807, 2.05) is 13.8 Å². The number of sulfonamides is 1. The van der Waals surface area contributed by atoms with Gasteiger partial charge in [0, 0.05) is 20.2 Å². The Hall–Kier alpha value is -0.920. The predicted octanol–water partition coefficient (Wildman–Crippen LogP) is 0.724. The van der Waals surface area contributed by atoms with Crippen LogP contribution < -0.4 is 4.72 Å². The van der Waals surface area contributed by atoms with E-state index in [1.165, 1.54) is 0 Å². The molecule has 0 unspecified atom stereocenters. The van der Waals surface area contributed by atoms with Gasteiger partial charge in [-0.1, -0.05) is 13.8 Å². The number of nitrogens with zero attached hydrogens (tertiary/aromatic N) is 2. The van der Waals surface area contributed by atoms with Crippen molar-refractivity contribution in [1.82, 2.24) is 14.5 Å². The fourth-order valence-electron chi connectivity index (χ4n) is 1.90. The molecule has 0 atom stereocenters. The van der Waals surface area contributed by atoms with E-state index in [0.29, 0.717) is 17.8 Å². The molecule has 110 valence electrons. The van der Waals surface area contributed by atoms with Crippen molar-refractivity contribution < 1.29 is 13.5 Å². The van der Waals surface area contributed by atoms with E-state index in [9.17, 15) is 8.42 Å². The van der Waals surface area contributed by atoms with Crippen molar-refractivity contribution in [2.24, 2.45) is 12.5 Å². The van der Waals surface area contributed by atoms with Crippen LogP contribution in [0.2, 0.25) is 0 Å². The van der Waals surface area contributed by atoms with E-state index in [-0.39, 0.29) is 23.5 Å². The molecule has 1 rings (SSSR count). The molecule has 19 heavy (non-hydrogen) atoms. The summed E-state index contributed by atoms with van der Waals surface area (Å²) in [6.45, 7) is 7.56. The predicted molar refractivity (Wildman–Crippen MR) is 73.4 cm³/mol. The number of hydrogen-bond acceptors (Lipinski definition) is 4. The smallest absolute Gasteiger partial charge is 0.244 e. The lowest BCUT2D eigenvalue weighted by Crippen LogP contribution is -2.35. The molecule has 0 aliphatic carbocycles. The Morgan fingerprint density at radius 3 is 2.37 bits per heavy atom. The third-order valence-corrected chi connectivity index (χ3v) is 4.89. The van der Waals surface area contributed by atoms with E-state index in [0.717, 1.165) is 0 Å². The molecule has 0 spiro atoms. The van der Waals surface area contributed by atoms with E-state index < -0.39 is 10.0 Å². The maximum atomic E-state index is 12.3. The highest BCUT2D eigenvalue weighted by Crippen LogP contribution is 2.22. The number of aliphatic hydroxyl groups excluding tert-OH is 1. The van der Waals surface area contributed by atoms with Crippen molar-refractivity contribution in [2.75, 3.05) is 13.2 Å². The number of nitrogens with one attached hydrogen (secondary N) is 1. The van der Waals surface area contributed by atoms with Gasteiger partial charge in [0.1, 0.15) is 4.90 Å². The minimum atomic E-state index is -3.57. The molecule has 0 aromatic carbocycles. The number of hydrogen-bond donors (Lipinski definition) is 2. The van der Waals surface area contributed by atoms with E-state index in [2.05, 4.69) is 9.82 Å². The van der Waals surface area contributed by atoms with E-state index >= 15 is 0 Å². The summed E-state index contributed by atoms with van der Waals surface area (Å²) in [4.78, 5) is 0.245. The van der Waals surface area contributed by atoms with Gasteiger partial charge in [0.15, 0.2) is 0 Å². The second-order valence-electron chi connectivity index (χ2n) is 5.59. The first-order valence-corrected chi connectivity index (χ1v) is 7.70. The number of aliphatic hydroxyl groups is 1. The maximum Gasteiger partial charge on any atom is 0.244 e. The van der Waals surface area contributed by atoms with Crippen molar-refractivity contribution in [3.8, 4) is 0 Å². The molecule has 1 aromatic heterocycles. The Balaban J connectivity index is 2.94. The van der Waals surface area contributed by atoms with E-state index in [1.54, 1.807) is 25.6 Å². The monoisotopic (exact) mass is 289 g/mol. The Kier molecular flexibility index (Phi) is 4.76. The first kappa shape index (κ1) is 16.1. The van der Waals surface area contributed by atoms with Crippen molar-refractivity contribution in [2.45, 2.75) is 39.0 Å². The Labute approximate surface area is 114 Å². The van der Waals surface area contributed by atoms with Crippen LogP contribution in [-0.4, -0.2) is 36.5 Å². The van der Waals surface area contributed by atoms with Gasteiger partial charge in [-0.05, 0) is 25.7 Å². The van der Waals surface area contributed by atoms with Gasteiger partial charge in [-0.2, -0.15) is 5.10 Å². The SMILES string of the molecule is Cc1nn(C)c(C)c1S(=O)(=O)NCC(C)(C)CCO. The van der Waals surface area contributed by atoms with Crippen LogP contribution in [0.25, 0.3) is 0 Å². The standard InChI is InChI=1S/C12H23N3O3S/c1-9-11(10(2)15(5)14-9)19(17,18)13-8-12(3,4)6-7-16/h13,16H,6-8H2,1-5H3. The molecule has 0 radical (unpaired) electrons. The minimum Gasteiger partial charge on any atom is -0.396 e. The Morgan fingerprint density at radius 2 is 1.95 bits per heavy atom. The van der Waals surface area contributed by atoms with E-state index in [4.69, 9.17) is 5.11 Å². The third kappa shape index (κ3) is 3.77. The molecule has 6 nitrogen and oxygen atoms in total. The summed E-state index contributed by atoms with van der Waals surface area (Å²) < 4.78 is 28.8. The summed E-state index contributed by atoms with van der Waals surface area (Å²) in [5.41, 5.74) is 0.823. The van der Waals surface area contributed by atoms with Crippen LogP contribution in [0.4, 0.5) is 0 Å². The molecule has 1 heterocycles. The molecule has 0 bridgehead atoms. The quantitative estimate of drug-likeness (QED) is 0.808. The first-order valence-electron chi connectivity index (χ1n) is 6.21. The largest absolute Gasteiger partial charge is 0.396 e. The summed E-state index contributed by atoms with van der Waals surface area (Å²) in [7, 11) is -1.85. The highest BCUT2D eigenvalue weighted by Gasteiger charge is 2.26. The van der Waals surface area contributed by atoms with Crippen molar-refractivity contribution in [3.05, 3.63) is 11.4 Å². The van der Waals surface area contributed by atoms with Crippen LogP contribution in [0, 0.1) is 19.3 Å². The maximum absolute atomic E-state index is 12.3. The zero-order valence-corrected chi connectivity index (χ0v) is 13.0. The lowest BCUT2D eigenvalue weighted by molar-refractivity contribution is 0.213. The number of aromatic nitrogens is 2. The zero-order valence-electron chi connectivity index (χ0n) is 12.2. The average Bonchev–Trinajstić information content (AvgIpc) is 2.51.